The molecule has 1 heterocycles. The van der Waals surface area contributed by atoms with E-state index in [1.165, 1.54) is 25.7 Å². The summed E-state index contributed by atoms with van der Waals surface area (Å²) in [7, 11) is 1.97. The van der Waals surface area contributed by atoms with Gasteiger partial charge in [0.05, 0.1) is 11.9 Å². The molecule has 1 aromatic rings. The molecule has 0 aliphatic heterocycles. The fraction of sp³-hybridized carbons (Fsp3) is 0.688. The quantitative estimate of drug-likeness (QED) is 0.861. The van der Waals surface area contributed by atoms with Gasteiger partial charge in [0.2, 0.25) is 0 Å². The van der Waals surface area contributed by atoms with E-state index >= 15 is 0 Å². The van der Waals surface area contributed by atoms with Crippen molar-refractivity contribution in [3.8, 4) is 0 Å². The van der Waals surface area contributed by atoms with E-state index in [1.807, 2.05) is 20.9 Å². The van der Waals surface area contributed by atoms with Crippen LogP contribution in [-0.4, -0.2) is 34.1 Å². The molecule has 1 aliphatic rings. The van der Waals surface area contributed by atoms with Gasteiger partial charge >= 0.3 is 5.97 Å². The molecule has 1 saturated carbocycles. The van der Waals surface area contributed by atoms with Crippen molar-refractivity contribution in [1.82, 2.24) is 9.97 Å². The fourth-order valence-corrected chi connectivity index (χ4v) is 2.92. The van der Waals surface area contributed by atoms with E-state index < -0.39 is 5.97 Å². The zero-order chi connectivity index (χ0) is 15.4. The molecule has 0 aromatic carbocycles. The van der Waals surface area contributed by atoms with E-state index in [0.717, 1.165) is 12.8 Å². The second-order valence-electron chi connectivity index (χ2n) is 6.18. The molecule has 0 spiro atoms. The van der Waals surface area contributed by atoms with E-state index in [-0.39, 0.29) is 11.6 Å². The van der Waals surface area contributed by atoms with Crippen LogP contribution in [0.3, 0.4) is 0 Å². The number of aromatic carboxylic acids is 1. The molecule has 5 nitrogen and oxygen atoms in total. The zero-order valence-electron chi connectivity index (χ0n) is 13.2. The summed E-state index contributed by atoms with van der Waals surface area (Å²) in [5.41, 5.74) is 0.763. The summed E-state index contributed by atoms with van der Waals surface area (Å²) in [6.07, 6.45) is 8.88. The van der Waals surface area contributed by atoms with Crippen molar-refractivity contribution in [1.29, 1.82) is 0 Å². The molecule has 1 N–H and O–H groups in total. The number of carboxylic acids is 1. The number of nitrogens with zero attached hydrogens (tertiary/aromatic N) is 3. The average Bonchev–Trinajstić information content (AvgIpc) is 2.74. The highest BCUT2D eigenvalue weighted by atomic mass is 16.4. The van der Waals surface area contributed by atoms with Gasteiger partial charge in [-0.25, -0.2) is 14.8 Å². The van der Waals surface area contributed by atoms with Gasteiger partial charge in [-0.3, -0.25) is 0 Å². The lowest BCUT2D eigenvalue weighted by atomic mass is 10.1. The molecule has 2 rings (SSSR count). The lowest BCUT2D eigenvalue weighted by Crippen LogP contribution is -2.33. The van der Waals surface area contributed by atoms with Crippen LogP contribution in [0.1, 0.15) is 74.6 Å². The summed E-state index contributed by atoms with van der Waals surface area (Å²) >= 11 is 0. The topological polar surface area (TPSA) is 66.3 Å². The van der Waals surface area contributed by atoms with Gasteiger partial charge in [0.15, 0.2) is 5.69 Å². The Bertz CT molecular complexity index is 494. The summed E-state index contributed by atoms with van der Waals surface area (Å²) in [6.45, 7) is 3.94. The Hall–Kier alpha value is -1.65. The van der Waals surface area contributed by atoms with Crippen molar-refractivity contribution in [3.63, 3.8) is 0 Å². The summed E-state index contributed by atoms with van der Waals surface area (Å²) < 4.78 is 0. The maximum absolute atomic E-state index is 11.5. The van der Waals surface area contributed by atoms with Gasteiger partial charge in [-0.1, -0.05) is 39.5 Å². The SMILES string of the molecule is CC(C)c1ncc(N(C)C2CCCCCC2)c(C(=O)O)n1. The van der Waals surface area contributed by atoms with Gasteiger partial charge in [-0.05, 0) is 12.8 Å². The smallest absolute Gasteiger partial charge is 0.356 e. The first-order chi connectivity index (χ1) is 10.0. The van der Waals surface area contributed by atoms with Gasteiger partial charge in [0.25, 0.3) is 0 Å². The maximum Gasteiger partial charge on any atom is 0.356 e. The van der Waals surface area contributed by atoms with E-state index in [9.17, 15) is 9.90 Å². The second-order valence-corrected chi connectivity index (χ2v) is 6.18. The third-order valence-electron chi connectivity index (χ3n) is 4.26. The van der Waals surface area contributed by atoms with Crippen LogP contribution in [0.25, 0.3) is 0 Å². The van der Waals surface area contributed by atoms with Crippen LogP contribution in [0.15, 0.2) is 6.20 Å². The highest BCUT2D eigenvalue weighted by Crippen LogP contribution is 2.27. The van der Waals surface area contributed by atoms with Crippen molar-refractivity contribution >= 4 is 11.7 Å². The Morgan fingerprint density at radius 3 is 2.43 bits per heavy atom. The molecule has 0 bridgehead atoms. The average molecular weight is 291 g/mol. The molecular formula is C16H25N3O2. The Balaban J connectivity index is 2.30. The summed E-state index contributed by atoms with van der Waals surface area (Å²) in [4.78, 5) is 22.2. The first-order valence-corrected chi connectivity index (χ1v) is 7.83. The minimum absolute atomic E-state index is 0.125. The van der Waals surface area contributed by atoms with Crippen LogP contribution >= 0.6 is 0 Å². The Kier molecular flexibility index (Phi) is 5.15. The molecule has 5 heteroatoms. The van der Waals surface area contributed by atoms with Crippen LogP contribution in [0, 0.1) is 0 Å². The molecule has 0 unspecified atom stereocenters. The third-order valence-corrected chi connectivity index (χ3v) is 4.26. The van der Waals surface area contributed by atoms with Crippen LogP contribution in [0.2, 0.25) is 0 Å². The Labute approximate surface area is 126 Å². The predicted octanol–water partition coefficient (Wildman–Crippen LogP) is 3.46. The first-order valence-electron chi connectivity index (χ1n) is 7.83. The molecule has 0 saturated heterocycles. The number of hydrogen-bond acceptors (Lipinski definition) is 4. The van der Waals surface area contributed by atoms with E-state index in [4.69, 9.17) is 0 Å². The van der Waals surface area contributed by atoms with Crippen molar-refractivity contribution in [2.24, 2.45) is 0 Å². The molecular weight excluding hydrogens is 266 g/mol. The monoisotopic (exact) mass is 291 g/mol. The number of rotatable bonds is 4. The first kappa shape index (κ1) is 15.7. The van der Waals surface area contributed by atoms with E-state index in [0.29, 0.717) is 17.6 Å². The van der Waals surface area contributed by atoms with E-state index in [2.05, 4.69) is 14.9 Å². The number of carbonyl (C=O) groups is 1. The summed E-state index contributed by atoms with van der Waals surface area (Å²) in [5.74, 6) is -0.263. The molecule has 1 aromatic heterocycles. The predicted molar refractivity (Wildman–Crippen MR) is 83.0 cm³/mol. The number of aromatic nitrogens is 2. The molecule has 21 heavy (non-hydrogen) atoms. The van der Waals surface area contributed by atoms with Crippen molar-refractivity contribution in [3.05, 3.63) is 17.7 Å². The number of hydrogen-bond donors (Lipinski definition) is 1. The minimum atomic E-state index is -0.977. The minimum Gasteiger partial charge on any atom is -0.476 e. The van der Waals surface area contributed by atoms with Crippen LogP contribution in [-0.2, 0) is 0 Å². The second kappa shape index (κ2) is 6.87. The zero-order valence-corrected chi connectivity index (χ0v) is 13.2. The third kappa shape index (κ3) is 3.71. The Morgan fingerprint density at radius 1 is 1.29 bits per heavy atom. The Morgan fingerprint density at radius 2 is 1.90 bits per heavy atom. The molecule has 0 amide bonds. The lowest BCUT2D eigenvalue weighted by Gasteiger charge is -2.29. The highest BCUT2D eigenvalue weighted by Gasteiger charge is 2.23. The van der Waals surface area contributed by atoms with Crippen LogP contribution in [0.4, 0.5) is 5.69 Å². The molecule has 0 atom stereocenters. The van der Waals surface area contributed by atoms with Crippen LogP contribution in [0.5, 0.6) is 0 Å². The van der Waals surface area contributed by atoms with Crippen LogP contribution < -0.4 is 4.90 Å². The molecule has 0 radical (unpaired) electrons. The molecule has 1 fully saturated rings. The van der Waals surface area contributed by atoms with Crippen molar-refractivity contribution < 1.29 is 9.90 Å². The summed E-state index contributed by atoms with van der Waals surface area (Å²) in [5, 5.41) is 9.46. The lowest BCUT2D eigenvalue weighted by molar-refractivity contribution is 0.0690. The number of carboxylic acid groups (broad SMARTS) is 1. The molecule has 116 valence electrons. The van der Waals surface area contributed by atoms with Crippen molar-refractivity contribution in [2.75, 3.05) is 11.9 Å². The summed E-state index contributed by atoms with van der Waals surface area (Å²) in [6, 6.07) is 0.388. The number of anilines is 1. The highest BCUT2D eigenvalue weighted by molar-refractivity contribution is 5.92. The maximum atomic E-state index is 11.5. The van der Waals surface area contributed by atoms with Crippen molar-refractivity contribution in [2.45, 2.75) is 64.3 Å². The van der Waals surface area contributed by atoms with Gasteiger partial charge < -0.3 is 10.0 Å². The van der Waals surface area contributed by atoms with Gasteiger partial charge in [-0.2, -0.15) is 0 Å². The molecule has 1 aliphatic carbocycles. The van der Waals surface area contributed by atoms with Gasteiger partial charge in [-0.15, -0.1) is 0 Å². The van der Waals surface area contributed by atoms with Gasteiger partial charge in [0, 0.05) is 19.0 Å². The normalized spacial score (nSPS) is 16.8. The fourth-order valence-electron chi connectivity index (χ4n) is 2.92. The van der Waals surface area contributed by atoms with E-state index in [1.54, 1.807) is 6.20 Å². The van der Waals surface area contributed by atoms with Gasteiger partial charge in [0.1, 0.15) is 5.82 Å². The standard InChI is InChI=1S/C16H25N3O2/c1-11(2)15-17-10-13(14(18-15)16(20)21)19(3)12-8-6-4-5-7-9-12/h10-12H,4-9H2,1-3H3,(H,20,21). The largest absolute Gasteiger partial charge is 0.476 e.